The quantitative estimate of drug-likeness (QED) is 0.741. The highest BCUT2D eigenvalue weighted by Crippen LogP contribution is 2.25. The maximum absolute atomic E-state index is 12.8. The van der Waals surface area contributed by atoms with Gasteiger partial charge in [0.1, 0.15) is 5.82 Å². The molecule has 2 aromatic rings. The summed E-state index contributed by atoms with van der Waals surface area (Å²) in [6.45, 7) is 2.53. The van der Waals surface area contributed by atoms with Crippen LogP contribution in [-0.2, 0) is 6.54 Å². The molecule has 0 unspecified atom stereocenters. The van der Waals surface area contributed by atoms with Gasteiger partial charge in [-0.05, 0) is 42.3 Å². The van der Waals surface area contributed by atoms with Crippen molar-refractivity contribution < 1.29 is 14.6 Å². The summed E-state index contributed by atoms with van der Waals surface area (Å²) in [5, 5.41) is 21.9. The summed E-state index contributed by atoms with van der Waals surface area (Å²) in [5.41, 5.74) is 1.86. The van der Waals surface area contributed by atoms with Crippen molar-refractivity contribution in [1.82, 2.24) is 5.32 Å². The summed E-state index contributed by atoms with van der Waals surface area (Å²) < 4.78 is 12.8. The molecule has 0 radical (unpaired) electrons. The van der Waals surface area contributed by atoms with Crippen LogP contribution in [0, 0.1) is 5.82 Å². The molecule has 0 bridgehead atoms. The van der Waals surface area contributed by atoms with E-state index in [0.717, 1.165) is 11.1 Å². The molecule has 2 rings (SSSR count). The molecule has 0 spiro atoms. The Balaban J connectivity index is 1.98. The summed E-state index contributed by atoms with van der Waals surface area (Å²) in [7, 11) is 0. The average Bonchev–Trinajstić information content (AvgIpc) is 2.40. The van der Waals surface area contributed by atoms with E-state index in [4.69, 9.17) is 0 Å². The Morgan fingerprint density at radius 2 is 1.74 bits per heavy atom. The second-order valence-corrected chi connectivity index (χ2v) is 4.48. The molecule has 0 saturated carbocycles. The Bertz CT molecular complexity index is 555. The molecule has 0 saturated heterocycles. The zero-order valence-electron chi connectivity index (χ0n) is 10.6. The van der Waals surface area contributed by atoms with Crippen molar-refractivity contribution in [2.24, 2.45) is 0 Å². The molecule has 0 amide bonds. The van der Waals surface area contributed by atoms with Gasteiger partial charge in [-0.15, -0.1) is 0 Å². The molecular weight excluding hydrogens is 245 g/mol. The number of phenolic OH excluding ortho intramolecular Hbond substituents is 2. The second kappa shape index (κ2) is 5.71. The second-order valence-electron chi connectivity index (χ2n) is 4.48. The minimum atomic E-state index is -0.251. The minimum Gasteiger partial charge on any atom is -0.504 e. The molecule has 3 nitrogen and oxygen atoms in total. The zero-order chi connectivity index (χ0) is 13.8. The fraction of sp³-hybridized carbons (Fsp3) is 0.200. The third kappa shape index (κ3) is 3.45. The number of benzene rings is 2. The maximum Gasteiger partial charge on any atom is 0.157 e. The van der Waals surface area contributed by atoms with Crippen LogP contribution in [0.1, 0.15) is 24.1 Å². The van der Waals surface area contributed by atoms with E-state index >= 15 is 0 Å². The van der Waals surface area contributed by atoms with Gasteiger partial charge in [-0.25, -0.2) is 4.39 Å². The van der Waals surface area contributed by atoms with Crippen LogP contribution in [0.5, 0.6) is 11.5 Å². The summed E-state index contributed by atoms with van der Waals surface area (Å²) >= 11 is 0. The first-order chi connectivity index (χ1) is 9.06. The summed E-state index contributed by atoms with van der Waals surface area (Å²) in [6, 6.07) is 11.1. The van der Waals surface area contributed by atoms with Gasteiger partial charge in [0.05, 0.1) is 0 Å². The monoisotopic (exact) mass is 261 g/mol. The van der Waals surface area contributed by atoms with Gasteiger partial charge in [-0.1, -0.05) is 18.2 Å². The van der Waals surface area contributed by atoms with Crippen molar-refractivity contribution in [2.45, 2.75) is 19.5 Å². The zero-order valence-corrected chi connectivity index (χ0v) is 10.6. The van der Waals surface area contributed by atoms with Crippen molar-refractivity contribution >= 4 is 0 Å². The van der Waals surface area contributed by atoms with Crippen LogP contribution >= 0.6 is 0 Å². The molecule has 0 aliphatic heterocycles. The lowest BCUT2D eigenvalue weighted by Gasteiger charge is -2.14. The molecule has 19 heavy (non-hydrogen) atoms. The van der Waals surface area contributed by atoms with Crippen LogP contribution in [0.15, 0.2) is 42.5 Å². The van der Waals surface area contributed by atoms with Gasteiger partial charge in [-0.3, -0.25) is 0 Å². The average molecular weight is 261 g/mol. The number of hydrogen-bond donors (Lipinski definition) is 3. The molecule has 100 valence electrons. The lowest BCUT2D eigenvalue weighted by Crippen LogP contribution is -2.17. The van der Waals surface area contributed by atoms with Gasteiger partial charge >= 0.3 is 0 Å². The van der Waals surface area contributed by atoms with Crippen LogP contribution in [-0.4, -0.2) is 10.2 Å². The first-order valence-electron chi connectivity index (χ1n) is 6.06. The molecule has 0 fully saturated rings. The predicted molar refractivity (Wildman–Crippen MR) is 71.4 cm³/mol. The topological polar surface area (TPSA) is 52.5 Å². The van der Waals surface area contributed by atoms with Crippen LogP contribution in [0.4, 0.5) is 4.39 Å². The largest absolute Gasteiger partial charge is 0.504 e. The molecule has 1 atom stereocenters. The van der Waals surface area contributed by atoms with Crippen LogP contribution in [0.2, 0.25) is 0 Å². The highest BCUT2D eigenvalue weighted by atomic mass is 19.1. The number of phenols is 2. The molecule has 0 aliphatic carbocycles. The first kappa shape index (κ1) is 13.4. The Kier molecular flexibility index (Phi) is 4.02. The van der Waals surface area contributed by atoms with Crippen molar-refractivity contribution in [2.75, 3.05) is 0 Å². The fourth-order valence-electron chi connectivity index (χ4n) is 1.82. The van der Waals surface area contributed by atoms with Gasteiger partial charge in [0.2, 0.25) is 0 Å². The summed E-state index contributed by atoms with van der Waals surface area (Å²) in [6.07, 6.45) is 0. The third-order valence-electron chi connectivity index (χ3n) is 3.02. The lowest BCUT2D eigenvalue weighted by molar-refractivity contribution is 0.402. The molecule has 3 N–H and O–H groups in total. The van der Waals surface area contributed by atoms with E-state index in [0.29, 0.717) is 6.54 Å². The summed E-state index contributed by atoms with van der Waals surface area (Å²) in [4.78, 5) is 0. The third-order valence-corrected chi connectivity index (χ3v) is 3.02. The van der Waals surface area contributed by atoms with Gasteiger partial charge in [-0.2, -0.15) is 0 Å². The fourth-order valence-corrected chi connectivity index (χ4v) is 1.82. The van der Waals surface area contributed by atoms with Gasteiger partial charge in [0.25, 0.3) is 0 Å². The van der Waals surface area contributed by atoms with Crippen LogP contribution in [0.3, 0.4) is 0 Å². The molecule has 2 aromatic carbocycles. The number of nitrogens with one attached hydrogen (secondary N) is 1. The van der Waals surface area contributed by atoms with E-state index in [1.165, 1.54) is 24.3 Å². The number of rotatable bonds is 4. The summed E-state index contributed by atoms with van der Waals surface area (Å²) in [5.74, 6) is -0.511. The highest BCUT2D eigenvalue weighted by Gasteiger charge is 2.06. The van der Waals surface area contributed by atoms with E-state index in [1.807, 2.05) is 6.92 Å². The normalized spacial score (nSPS) is 12.3. The Hall–Kier alpha value is -2.07. The number of halogens is 1. The SMILES string of the molecule is C[C@H](NCc1ccc(O)c(O)c1)c1ccc(F)cc1. The molecule has 0 aromatic heterocycles. The molecule has 0 aliphatic rings. The van der Waals surface area contributed by atoms with Crippen LogP contribution < -0.4 is 5.32 Å². The molecule has 4 heteroatoms. The standard InChI is InChI=1S/C15H16FNO2/c1-10(12-3-5-13(16)6-4-12)17-9-11-2-7-14(18)15(19)8-11/h2-8,10,17-19H,9H2,1H3/t10-/m0/s1. The van der Waals surface area contributed by atoms with E-state index in [-0.39, 0.29) is 23.4 Å². The highest BCUT2D eigenvalue weighted by molar-refractivity contribution is 5.40. The first-order valence-corrected chi connectivity index (χ1v) is 6.06. The Morgan fingerprint density at radius 1 is 1.05 bits per heavy atom. The predicted octanol–water partition coefficient (Wildman–Crippen LogP) is 3.09. The Morgan fingerprint density at radius 3 is 2.37 bits per heavy atom. The molecule has 0 heterocycles. The van der Waals surface area contributed by atoms with Crippen molar-refractivity contribution in [3.63, 3.8) is 0 Å². The maximum atomic E-state index is 12.8. The number of hydrogen-bond acceptors (Lipinski definition) is 3. The van der Waals surface area contributed by atoms with Crippen molar-refractivity contribution in [3.8, 4) is 11.5 Å². The van der Waals surface area contributed by atoms with Crippen molar-refractivity contribution in [1.29, 1.82) is 0 Å². The van der Waals surface area contributed by atoms with E-state index in [9.17, 15) is 14.6 Å². The van der Waals surface area contributed by atoms with Gasteiger partial charge < -0.3 is 15.5 Å². The number of aromatic hydroxyl groups is 2. The minimum absolute atomic E-state index is 0.0662. The van der Waals surface area contributed by atoms with Crippen molar-refractivity contribution in [3.05, 3.63) is 59.4 Å². The van der Waals surface area contributed by atoms with Gasteiger partial charge in [0.15, 0.2) is 11.5 Å². The smallest absolute Gasteiger partial charge is 0.157 e. The van der Waals surface area contributed by atoms with E-state index < -0.39 is 0 Å². The van der Waals surface area contributed by atoms with E-state index in [2.05, 4.69) is 5.32 Å². The van der Waals surface area contributed by atoms with Crippen LogP contribution in [0.25, 0.3) is 0 Å². The molecular formula is C15H16FNO2. The lowest BCUT2D eigenvalue weighted by atomic mass is 10.1. The van der Waals surface area contributed by atoms with E-state index in [1.54, 1.807) is 18.2 Å². The van der Waals surface area contributed by atoms with Gasteiger partial charge in [0, 0.05) is 12.6 Å². The Labute approximate surface area is 111 Å².